The molecule has 5 nitrogen and oxygen atoms in total. The van der Waals surface area contributed by atoms with Crippen molar-refractivity contribution in [1.29, 1.82) is 0 Å². The van der Waals surface area contributed by atoms with E-state index in [1.807, 2.05) is 54.3 Å². The van der Waals surface area contributed by atoms with Gasteiger partial charge in [0.15, 0.2) is 0 Å². The third kappa shape index (κ3) is 4.86. The molecule has 5 aromatic rings. The Hall–Kier alpha value is -4.03. The van der Waals surface area contributed by atoms with E-state index in [1.165, 1.54) is 4.88 Å². The molecule has 0 atom stereocenters. The molecular formula is C30H29N3O2S. The van der Waals surface area contributed by atoms with Crippen LogP contribution in [0.3, 0.4) is 0 Å². The van der Waals surface area contributed by atoms with Crippen LogP contribution in [0, 0.1) is 0 Å². The predicted molar refractivity (Wildman–Crippen MR) is 149 cm³/mol. The number of thiophene rings is 1. The number of urea groups is 1. The van der Waals surface area contributed by atoms with Gasteiger partial charge in [-0.3, -0.25) is 0 Å². The fourth-order valence-electron chi connectivity index (χ4n) is 4.60. The van der Waals surface area contributed by atoms with Crippen LogP contribution in [-0.4, -0.2) is 22.1 Å². The van der Waals surface area contributed by atoms with Crippen molar-refractivity contribution in [3.05, 3.63) is 108 Å². The van der Waals surface area contributed by atoms with Crippen molar-refractivity contribution in [2.24, 2.45) is 7.05 Å². The van der Waals surface area contributed by atoms with Gasteiger partial charge in [-0.05, 0) is 42.1 Å². The maximum atomic E-state index is 13.8. The number of para-hydroxylation sites is 3. The molecule has 1 N–H and O–H groups in total. The summed E-state index contributed by atoms with van der Waals surface area (Å²) in [7, 11) is 2.10. The highest BCUT2D eigenvalue weighted by molar-refractivity contribution is 7.13. The Morgan fingerprint density at radius 3 is 2.44 bits per heavy atom. The van der Waals surface area contributed by atoms with Crippen LogP contribution in [0.2, 0.25) is 0 Å². The Balaban J connectivity index is 1.55. The second kappa shape index (κ2) is 10.7. The van der Waals surface area contributed by atoms with Crippen LogP contribution in [0.15, 0.2) is 96.4 Å². The van der Waals surface area contributed by atoms with E-state index in [0.29, 0.717) is 31.1 Å². The molecule has 0 radical (unpaired) electrons. The highest BCUT2D eigenvalue weighted by atomic mass is 32.1. The lowest BCUT2D eigenvalue weighted by Gasteiger charge is -2.24. The number of ether oxygens (including phenoxy) is 1. The highest BCUT2D eigenvalue weighted by Gasteiger charge is 2.23. The SMILES string of the molecule is CCOc1ccccc1NC(=O)N(Cc1ccccc1)Cc1c(-c2cccs2)n(C)c2ccccc12. The summed E-state index contributed by atoms with van der Waals surface area (Å²) in [6.07, 6.45) is 0. The number of hydrogen-bond donors (Lipinski definition) is 1. The number of amides is 2. The summed E-state index contributed by atoms with van der Waals surface area (Å²) in [5, 5.41) is 6.35. The van der Waals surface area contributed by atoms with Gasteiger partial charge in [0, 0.05) is 30.1 Å². The normalized spacial score (nSPS) is 10.9. The van der Waals surface area contributed by atoms with Gasteiger partial charge >= 0.3 is 6.03 Å². The van der Waals surface area contributed by atoms with Gasteiger partial charge < -0.3 is 19.5 Å². The minimum Gasteiger partial charge on any atom is -0.492 e. The van der Waals surface area contributed by atoms with E-state index in [0.717, 1.165) is 27.7 Å². The van der Waals surface area contributed by atoms with E-state index < -0.39 is 0 Å². The Kier molecular flexibility index (Phi) is 7.05. The summed E-state index contributed by atoms with van der Waals surface area (Å²) in [6, 6.07) is 30.1. The summed E-state index contributed by atoms with van der Waals surface area (Å²) in [5.74, 6) is 0.664. The lowest BCUT2D eigenvalue weighted by Crippen LogP contribution is -2.34. The summed E-state index contributed by atoms with van der Waals surface area (Å²) in [6.45, 7) is 3.41. The molecule has 36 heavy (non-hydrogen) atoms. The monoisotopic (exact) mass is 495 g/mol. The largest absolute Gasteiger partial charge is 0.492 e. The van der Waals surface area contributed by atoms with Gasteiger partial charge in [-0.15, -0.1) is 11.3 Å². The number of anilines is 1. The Labute approximate surface area is 215 Å². The van der Waals surface area contributed by atoms with Crippen molar-refractivity contribution in [3.8, 4) is 16.3 Å². The molecule has 5 rings (SSSR count). The molecule has 0 aliphatic carbocycles. The first-order valence-electron chi connectivity index (χ1n) is 12.1. The average Bonchev–Trinajstić information content (AvgIpc) is 3.52. The minimum atomic E-state index is -0.170. The fourth-order valence-corrected chi connectivity index (χ4v) is 5.43. The number of rotatable bonds is 8. The lowest BCUT2D eigenvalue weighted by atomic mass is 10.1. The topological polar surface area (TPSA) is 46.5 Å². The van der Waals surface area contributed by atoms with Crippen molar-refractivity contribution >= 4 is 34.0 Å². The first-order valence-corrected chi connectivity index (χ1v) is 13.0. The molecule has 2 amide bonds. The summed E-state index contributed by atoms with van der Waals surface area (Å²) in [4.78, 5) is 16.8. The maximum absolute atomic E-state index is 13.8. The van der Waals surface area contributed by atoms with Gasteiger partial charge in [0.1, 0.15) is 5.75 Å². The van der Waals surface area contributed by atoms with Crippen LogP contribution >= 0.6 is 11.3 Å². The van der Waals surface area contributed by atoms with E-state index in [-0.39, 0.29) is 6.03 Å². The lowest BCUT2D eigenvalue weighted by molar-refractivity contribution is 0.206. The zero-order valence-corrected chi connectivity index (χ0v) is 21.3. The number of carbonyl (C=O) groups excluding carboxylic acids is 1. The van der Waals surface area contributed by atoms with Gasteiger partial charge in [0.25, 0.3) is 0 Å². The number of aromatic nitrogens is 1. The first kappa shape index (κ1) is 23.7. The van der Waals surface area contributed by atoms with Crippen LogP contribution in [0.1, 0.15) is 18.1 Å². The number of carbonyl (C=O) groups is 1. The van der Waals surface area contributed by atoms with Crippen LogP contribution in [0.5, 0.6) is 5.75 Å². The number of nitrogens with one attached hydrogen (secondary N) is 1. The minimum absolute atomic E-state index is 0.170. The van der Waals surface area contributed by atoms with Crippen LogP contribution in [0.4, 0.5) is 10.5 Å². The molecule has 0 bridgehead atoms. The Morgan fingerprint density at radius 2 is 1.67 bits per heavy atom. The number of fused-ring (bicyclic) bond motifs is 1. The van der Waals surface area contributed by atoms with E-state index in [2.05, 4.69) is 70.8 Å². The van der Waals surface area contributed by atoms with Crippen molar-refractivity contribution in [2.75, 3.05) is 11.9 Å². The van der Waals surface area contributed by atoms with Crippen molar-refractivity contribution in [3.63, 3.8) is 0 Å². The molecule has 0 spiro atoms. The summed E-state index contributed by atoms with van der Waals surface area (Å²) >= 11 is 1.71. The molecular weight excluding hydrogens is 466 g/mol. The van der Waals surface area contributed by atoms with Gasteiger partial charge in [0.2, 0.25) is 0 Å². The van der Waals surface area contributed by atoms with Gasteiger partial charge in [-0.2, -0.15) is 0 Å². The van der Waals surface area contributed by atoms with Crippen molar-refractivity contribution < 1.29 is 9.53 Å². The van der Waals surface area contributed by atoms with Crippen molar-refractivity contribution in [2.45, 2.75) is 20.0 Å². The second-order valence-corrected chi connectivity index (χ2v) is 9.53. The number of aryl methyl sites for hydroxylation is 1. The van der Waals surface area contributed by atoms with E-state index in [9.17, 15) is 4.79 Å². The molecule has 0 unspecified atom stereocenters. The quantitative estimate of drug-likeness (QED) is 0.242. The third-order valence-electron chi connectivity index (χ3n) is 6.25. The van der Waals surface area contributed by atoms with Gasteiger partial charge in [0.05, 0.1) is 29.4 Å². The maximum Gasteiger partial charge on any atom is 0.322 e. The summed E-state index contributed by atoms with van der Waals surface area (Å²) in [5.41, 5.74) is 5.17. The standard InChI is InChI=1S/C30H29N3O2S/c1-3-35-27-17-10-8-15-25(27)31-30(34)33(20-22-12-5-4-6-13-22)21-24-23-14-7-9-16-26(23)32(2)29(24)28-18-11-19-36-28/h4-19H,3,20-21H2,1-2H3,(H,31,34). The smallest absolute Gasteiger partial charge is 0.322 e. The van der Waals surface area contributed by atoms with Gasteiger partial charge in [-0.1, -0.05) is 66.7 Å². The fraction of sp³-hybridized carbons (Fsp3) is 0.167. The van der Waals surface area contributed by atoms with Gasteiger partial charge in [-0.25, -0.2) is 4.79 Å². The molecule has 0 saturated carbocycles. The molecule has 2 aromatic heterocycles. The molecule has 0 fully saturated rings. The highest BCUT2D eigenvalue weighted by Crippen LogP contribution is 2.36. The number of benzene rings is 3. The first-order chi connectivity index (χ1) is 17.7. The molecule has 0 saturated heterocycles. The van der Waals surface area contributed by atoms with Crippen LogP contribution in [-0.2, 0) is 20.1 Å². The van der Waals surface area contributed by atoms with Crippen LogP contribution < -0.4 is 10.1 Å². The number of hydrogen-bond acceptors (Lipinski definition) is 3. The van der Waals surface area contributed by atoms with E-state index in [1.54, 1.807) is 11.3 Å². The second-order valence-electron chi connectivity index (χ2n) is 8.58. The zero-order chi connectivity index (χ0) is 24.9. The molecule has 0 aliphatic rings. The van der Waals surface area contributed by atoms with Crippen LogP contribution in [0.25, 0.3) is 21.5 Å². The predicted octanol–water partition coefficient (Wildman–Crippen LogP) is 7.54. The van der Waals surface area contributed by atoms with Crippen molar-refractivity contribution in [1.82, 2.24) is 9.47 Å². The Bertz CT molecular complexity index is 1460. The molecule has 0 aliphatic heterocycles. The third-order valence-corrected chi connectivity index (χ3v) is 7.12. The molecule has 182 valence electrons. The Morgan fingerprint density at radius 1 is 0.917 bits per heavy atom. The molecule has 2 heterocycles. The average molecular weight is 496 g/mol. The van der Waals surface area contributed by atoms with E-state index >= 15 is 0 Å². The molecule has 3 aromatic carbocycles. The number of nitrogens with zero attached hydrogens (tertiary/aromatic N) is 2. The van der Waals surface area contributed by atoms with E-state index in [4.69, 9.17) is 4.74 Å². The zero-order valence-electron chi connectivity index (χ0n) is 20.5. The summed E-state index contributed by atoms with van der Waals surface area (Å²) < 4.78 is 7.98. The molecule has 6 heteroatoms.